The van der Waals surface area contributed by atoms with Gasteiger partial charge in [0.15, 0.2) is 17.3 Å². The number of nitrogens with zero attached hydrogens (tertiary/aromatic N) is 4. The molecule has 0 saturated carbocycles. The highest BCUT2D eigenvalue weighted by molar-refractivity contribution is 7.23. The van der Waals surface area contributed by atoms with Gasteiger partial charge in [0.1, 0.15) is 23.7 Å². The van der Waals surface area contributed by atoms with E-state index in [4.69, 9.17) is 14.2 Å². The molecule has 0 aliphatic heterocycles. The number of benzene rings is 2. The zero-order chi connectivity index (χ0) is 24.1. The van der Waals surface area contributed by atoms with E-state index in [0.717, 1.165) is 10.4 Å². The fourth-order valence-electron chi connectivity index (χ4n) is 3.37. The highest BCUT2D eigenvalue weighted by Crippen LogP contribution is 2.43. The third kappa shape index (κ3) is 4.29. The molecule has 0 unspecified atom stereocenters. The van der Waals surface area contributed by atoms with E-state index < -0.39 is 0 Å². The fraction of sp³-hybridized carbons (Fsp3) is 0.167. The predicted molar refractivity (Wildman–Crippen MR) is 131 cm³/mol. The van der Waals surface area contributed by atoms with Gasteiger partial charge in [0.05, 0.1) is 42.2 Å². The Hall–Kier alpha value is -4.36. The van der Waals surface area contributed by atoms with Crippen LogP contribution < -0.4 is 19.6 Å². The molecule has 0 aliphatic carbocycles. The van der Waals surface area contributed by atoms with E-state index in [2.05, 4.69) is 26.6 Å². The van der Waals surface area contributed by atoms with Crippen LogP contribution >= 0.6 is 11.3 Å². The lowest BCUT2D eigenvalue weighted by Crippen LogP contribution is -1.96. The van der Waals surface area contributed by atoms with Gasteiger partial charge >= 0.3 is 0 Å². The summed E-state index contributed by atoms with van der Waals surface area (Å²) in [5.41, 5.74) is 5.37. The van der Waals surface area contributed by atoms with Crippen molar-refractivity contribution in [3.63, 3.8) is 0 Å². The van der Waals surface area contributed by atoms with Crippen molar-refractivity contribution in [2.75, 3.05) is 26.3 Å². The van der Waals surface area contributed by atoms with Gasteiger partial charge in [0.25, 0.3) is 0 Å². The lowest BCUT2D eigenvalue weighted by molar-refractivity contribution is 0.340. The number of methoxy groups -OCH3 is 2. The second kappa shape index (κ2) is 10.1. The smallest absolute Gasteiger partial charge is 0.200 e. The minimum Gasteiger partial charge on any atom is -0.502 e. The first-order valence-electron chi connectivity index (χ1n) is 10.2. The molecular formula is C24H21N5O4S. The molecule has 0 spiro atoms. The molecule has 10 heteroatoms. The minimum atomic E-state index is -0.0879. The lowest BCUT2D eigenvalue weighted by atomic mass is 10.1. The summed E-state index contributed by atoms with van der Waals surface area (Å²) in [6.45, 7) is 2.43. The standard InChI is InChI=1S/C24H21N5O4S/c1-4-33-17-8-6-5-7-15(17)22-16(11-25)20-23(34-22)24(27-13-26-20)29-28-12-14-9-18(31-2)21(30)19(10-14)32-3/h5-10,12-13,30H,4H2,1-3H3,(H,26,27,29)/b28-12+. The summed E-state index contributed by atoms with van der Waals surface area (Å²) in [5, 5.41) is 24.2. The minimum absolute atomic E-state index is 0.0879. The quantitative estimate of drug-likeness (QED) is 0.275. The highest BCUT2D eigenvalue weighted by Gasteiger charge is 2.20. The normalized spacial score (nSPS) is 10.9. The van der Waals surface area contributed by atoms with E-state index >= 15 is 0 Å². The van der Waals surface area contributed by atoms with Gasteiger partial charge in [-0.25, -0.2) is 9.97 Å². The monoisotopic (exact) mass is 475 g/mol. The van der Waals surface area contributed by atoms with Gasteiger partial charge in [0, 0.05) is 11.1 Å². The predicted octanol–water partition coefficient (Wildman–Crippen LogP) is 4.80. The van der Waals surface area contributed by atoms with Gasteiger partial charge in [-0.2, -0.15) is 10.4 Å². The number of thiophene rings is 1. The molecule has 0 fully saturated rings. The van der Waals surface area contributed by atoms with Crippen molar-refractivity contribution in [1.29, 1.82) is 5.26 Å². The molecule has 0 aliphatic rings. The number of nitriles is 1. The number of aromatic nitrogens is 2. The highest BCUT2D eigenvalue weighted by atomic mass is 32.1. The van der Waals surface area contributed by atoms with Gasteiger partial charge in [-0.15, -0.1) is 11.3 Å². The Morgan fingerprint density at radius 3 is 2.56 bits per heavy atom. The largest absolute Gasteiger partial charge is 0.502 e. The molecule has 34 heavy (non-hydrogen) atoms. The van der Waals surface area contributed by atoms with Crippen LogP contribution in [0.2, 0.25) is 0 Å². The summed E-state index contributed by atoms with van der Waals surface area (Å²) >= 11 is 1.39. The number of hydrazone groups is 1. The second-order valence-corrected chi connectivity index (χ2v) is 7.91. The number of rotatable bonds is 8. The molecule has 172 valence electrons. The Morgan fingerprint density at radius 1 is 1.15 bits per heavy atom. The molecule has 9 nitrogen and oxygen atoms in total. The number of nitrogens with one attached hydrogen (secondary N) is 1. The molecule has 4 aromatic rings. The summed E-state index contributed by atoms with van der Waals surface area (Å²) in [5.74, 6) is 1.60. The molecule has 0 saturated heterocycles. The van der Waals surface area contributed by atoms with E-state index in [0.29, 0.717) is 39.5 Å². The fourth-order valence-corrected chi connectivity index (χ4v) is 4.55. The third-order valence-corrected chi connectivity index (χ3v) is 6.12. The Kier molecular flexibility index (Phi) is 6.75. The number of phenolic OH excluding ortho intramolecular Hbond substituents is 1. The SMILES string of the molecule is CCOc1ccccc1-c1sc2c(N/N=C/c3cc(OC)c(O)c(OC)c3)ncnc2c1C#N. The van der Waals surface area contributed by atoms with Crippen molar-refractivity contribution < 1.29 is 19.3 Å². The Balaban J connectivity index is 1.71. The van der Waals surface area contributed by atoms with E-state index in [1.165, 1.54) is 31.9 Å². The van der Waals surface area contributed by atoms with Crippen LogP contribution in [0.3, 0.4) is 0 Å². The Labute approximate surface area is 199 Å². The molecular weight excluding hydrogens is 454 g/mol. The van der Waals surface area contributed by atoms with Crippen LogP contribution in [0.4, 0.5) is 5.82 Å². The molecule has 2 N–H and O–H groups in total. The summed E-state index contributed by atoms with van der Waals surface area (Å²) in [6, 6.07) is 13.1. The van der Waals surface area contributed by atoms with Gasteiger partial charge in [0.2, 0.25) is 5.75 Å². The first kappa shape index (κ1) is 22.8. The second-order valence-electron chi connectivity index (χ2n) is 6.89. The molecule has 2 aromatic heterocycles. The van der Waals surface area contributed by atoms with Crippen molar-refractivity contribution in [2.45, 2.75) is 6.92 Å². The van der Waals surface area contributed by atoms with Crippen molar-refractivity contribution in [3.8, 4) is 39.5 Å². The average molecular weight is 476 g/mol. The number of hydrogen-bond donors (Lipinski definition) is 2. The topological polar surface area (TPSA) is 122 Å². The maximum absolute atomic E-state index is 10.1. The number of phenols is 1. The number of hydrogen-bond acceptors (Lipinski definition) is 10. The summed E-state index contributed by atoms with van der Waals surface area (Å²) < 4.78 is 16.8. The first-order chi connectivity index (χ1) is 16.6. The Morgan fingerprint density at radius 2 is 1.88 bits per heavy atom. The molecule has 4 rings (SSSR count). The van der Waals surface area contributed by atoms with Crippen LogP contribution in [0.25, 0.3) is 20.7 Å². The van der Waals surface area contributed by atoms with Crippen molar-refractivity contribution in [2.24, 2.45) is 5.10 Å². The average Bonchev–Trinajstić information content (AvgIpc) is 3.24. The van der Waals surface area contributed by atoms with Crippen LogP contribution in [-0.2, 0) is 0 Å². The zero-order valence-electron chi connectivity index (χ0n) is 18.7. The van der Waals surface area contributed by atoms with Gasteiger partial charge in [-0.1, -0.05) is 12.1 Å². The number of aromatic hydroxyl groups is 1. The molecule has 0 amide bonds. The molecule has 2 heterocycles. The first-order valence-corrected chi connectivity index (χ1v) is 11.1. The molecule has 0 atom stereocenters. The van der Waals surface area contributed by atoms with Crippen molar-refractivity contribution in [3.05, 3.63) is 53.9 Å². The van der Waals surface area contributed by atoms with Gasteiger partial charge < -0.3 is 19.3 Å². The maximum atomic E-state index is 10.1. The van der Waals surface area contributed by atoms with E-state index in [1.54, 1.807) is 18.3 Å². The summed E-state index contributed by atoms with van der Waals surface area (Å²) in [7, 11) is 2.91. The van der Waals surface area contributed by atoms with Crippen molar-refractivity contribution >= 4 is 33.6 Å². The van der Waals surface area contributed by atoms with E-state index in [9.17, 15) is 10.4 Å². The van der Waals surface area contributed by atoms with E-state index in [1.807, 2.05) is 31.2 Å². The van der Waals surface area contributed by atoms with E-state index in [-0.39, 0.29) is 17.2 Å². The van der Waals surface area contributed by atoms with Crippen LogP contribution in [0, 0.1) is 11.3 Å². The Bertz CT molecular complexity index is 1390. The van der Waals surface area contributed by atoms with Crippen LogP contribution in [-0.4, -0.2) is 42.1 Å². The number of para-hydroxylation sites is 1. The summed E-state index contributed by atoms with van der Waals surface area (Å²) in [4.78, 5) is 9.40. The zero-order valence-corrected chi connectivity index (χ0v) is 19.5. The lowest BCUT2D eigenvalue weighted by Gasteiger charge is -2.09. The maximum Gasteiger partial charge on any atom is 0.200 e. The number of ether oxygens (including phenoxy) is 3. The molecule has 2 aromatic carbocycles. The third-order valence-electron chi connectivity index (χ3n) is 4.90. The summed E-state index contributed by atoms with van der Waals surface area (Å²) in [6.07, 6.45) is 2.93. The number of fused-ring (bicyclic) bond motifs is 1. The van der Waals surface area contributed by atoms with Crippen LogP contribution in [0.15, 0.2) is 47.8 Å². The molecule has 0 bridgehead atoms. The molecule has 0 radical (unpaired) electrons. The van der Waals surface area contributed by atoms with Gasteiger partial charge in [-0.05, 0) is 31.2 Å². The van der Waals surface area contributed by atoms with Crippen LogP contribution in [0.5, 0.6) is 23.0 Å². The van der Waals surface area contributed by atoms with Crippen molar-refractivity contribution in [1.82, 2.24) is 9.97 Å². The number of anilines is 1. The van der Waals surface area contributed by atoms with Crippen LogP contribution in [0.1, 0.15) is 18.1 Å². The van der Waals surface area contributed by atoms with Gasteiger partial charge in [-0.3, -0.25) is 5.43 Å².